The molecule has 0 radical (unpaired) electrons. The Morgan fingerprint density at radius 1 is 1.19 bits per heavy atom. The van der Waals surface area contributed by atoms with Gasteiger partial charge in [0, 0.05) is 12.6 Å². The predicted octanol–water partition coefficient (Wildman–Crippen LogP) is 1.93. The summed E-state index contributed by atoms with van der Waals surface area (Å²) in [5.74, 6) is -0.914. The Balaban J connectivity index is 1.82. The fourth-order valence-electron chi connectivity index (χ4n) is 3.90. The largest absolute Gasteiger partial charge is 0.478 e. The Bertz CT molecular complexity index is 696. The van der Waals surface area contributed by atoms with Gasteiger partial charge >= 0.3 is 5.97 Å². The molecule has 0 spiro atoms. The summed E-state index contributed by atoms with van der Waals surface area (Å²) in [5, 5.41) is 17.9. The standard InChI is InChI=1S/C15H18N4O2/c20-15(21)10-4-3-5-11-14(10)19(17-16-11)13-7-9-18-8-2-1-6-12(13)18/h3-5,12-13H,1-2,6-9H2,(H,20,21). The molecule has 2 saturated heterocycles. The predicted molar refractivity (Wildman–Crippen MR) is 77.4 cm³/mol. The van der Waals surface area contributed by atoms with E-state index in [4.69, 9.17) is 0 Å². The number of piperidine rings is 1. The van der Waals surface area contributed by atoms with Gasteiger partial charge in [-0.3, -0.25) is 4.90 Å². The molecular formula is C15H18N4O2. The van der Waals surface area contributed by atoms with E-state index in [2.05, 4.69) is 15.2 Å². The summed E-state index contributed by atoms with van der Waals surface area (Å²) >= 11 is 0. The van der Waals surface area contributed by atoms with E-state index in [9.17, 15) is 9.90 Å². The number of carbonyl (C=O) groups is 1. The summed E-state index contributed by atoms with van der Waals surface area (Å²) in [6.45, 7) is 2.23. The third-order valence-electron chi connectivity index (χ3n) is 4.86. The number of carboxylic acid groups (broad SMARTS) is 1. The monoisotopic (exact) mass is 286 g/mol. The number of hydrogen-bond donors (Lipinski definition) is 1. The second-order valence-corrected chi connectivity index (χ2v) is 5.97. The number of nitrogens with zero attached hydrogens (tertiary/aromatic N) is 4. The minimum atomic E-state index is -0.914. The van der Waals surface area contributed by atoms with Gasteiger partial charge in [0.05, 0.1) is 11.6 Å². The van der Waals surface area contributed by atoms with Gasteiger partial charge in [0.2, 0.25) is 0 Å². The van der Waals surface area contributed by atoms with Crippen LogP contribution in [0.2, 0.25) is 0 Å². The summed E-state index contributed by atoms with van der Waals surface area (Å²) in [5.41, 5.74) is 1.64. The van der Waals surface area contributed by atoms with Crippen LogP contribution < -0.4 is 0 Å². The first kappa shape index (κ1) is 12.8. The van der Waals surface area contributed by atoms with E-state index in [1.54, 1.807) is 12.1 Å². The Hall–Kier alpha value is -1.95. The Labute approximate surface area is 122 Å². The lowest BCUT2D eigenvalue weighted by molar-refractivity contribution is 0.0698. The molecule has 1 aromatic heterocycles. The SMILES string of the molecule is O=C(O)c1cccc2nnn(C3CCN4CCCCC34)c12. The zero-order chi connectivity index (χ0) is 14.4. The molecule has 0 amide bonds. The van der Waals surface area contributed by atoms with Crippen molar-refractivity contribution >= 4 is 17.0 Å². The summed E-state index contributed by atoms with van der Waals surface area (Å²) in [4.78, 5) is 14.0. The van der Waals surface area contributed by atoms with Crippen LogP contribution in [0.25, 0.3) is 11.0 Å². The van der Waals surface area contributed by atoms with E-state index < -0.39 is 5.97 Å². The van der Waals surface area contributed by atoms with Gasteiger partial charge < -0.3 is 5.11 Å². The highest BCUT2D eigenvalue weighted by molar-refractivity contribution is 6.00. The van der Waals surface area contributed by atoms with E-state index in [0.717, 1.165) is 19.5 Å². The van der Waals surface area contributed by atoms with Gasteiger partial charge in [0.1, 0.15) is 11.0 Å². The van der Waals surface area contributed by atoms with Crippen LogP contribution in [0.1, 0.15) is 42.1 Å². The number of para-hydroxylation sites is 1. The minimum absolute atomic E-state index is 0.246. The number of carboxylic acids is 1. The van der Waals surface area contributed by atoms with Crippen LogP contribution in [-0.2, 0) is 0 Å². The summed E-state index contributed by atoms with van der Waals surface area (Å²) < 4.78 is 1.87. The van der Waals surface area contributed by atoms with Crippen molar-refractivity contribution in [2.75, 3.05) is 13.1 Å². The van der Waals surface area contributed by atoms with Crippen molar-refractivity contribution in [2.45, 2.75) is 37.8 Å². The van der Waals surface area contributed by atoms with Gasteiger partial charge in [-0.15, -0.1) is 5.10 Å². The highest BCUT2D eigenvalue weighted by Gasteiger charge is 2.38. The highest BCUT2D eigenvalue weighted by Crippen LogP contribution is 2.36. The van der Waals surface area contributed by atoms with Crippen LogP contribution in [0.5, 0.6) is 0 Å². The first-order valence-corrected chi connectivity index (χ1v) is 7.57. The lowest BCUT2D eigenvalue weighted by Gasteiger charge is -2.32. The lowest BCUT2D eigenvalue weighted by Crippen LogP contribution is -2.38. The van der Waals surface area contributed by atoms with Gasteiger partial charge in [-0.05, 0) is 37.9 Å². The van der Waals surface area contributed by atoms with E-state index in [1.165, 1.54) is 19.3 Å². The summed E-state index contributed by atoms with van der Waals surface area (Å²) in [6.07, 6.45) is 4.70. The van der Waals surface area contributed by atoms with Gasteiger partial charge in [-0.2, -0.15) is 0 Å². The van der Waals surface area contributed by atoms with Gasteiger partial charge in [-0.1, -0.05) is 17.7 Å². The number of aromatic carboxylic acids is 1. The average molecular weight is 286 g/mol. The van der Waals surface area contributed by atoms with Crippen LogP contribution in [0, 0.1) is 0 Å². The number of hydrogen-bond acceptors (Lipinski definition) is 4. The zero-order valence-corrected chi connectivity index (χ0v) is 11.8. The molecule has 0 bridgehead atoms. The second-order valence-electron chi connectivity index (χ2n) is 5.97. The topological polar surface area (TPSA) is 71.2 Å². The molecule has 1 N–H and O–H groups in total. The molecule has 21 heavy (non-hydrogen) atoms. The maximum atomic E-state index is 11.5. The molecule has 0 saturated carbocycles. The quantitative estimate of drug-likeness (QED) is 0.913. The molecule has 6 heteroatoms. The third-order valence-corrected chi connectivity index (χ3v) is 4.86. The van der Waals surface area contributed by atoms with Crippen molar-refractivity contribution in [3.63, 3.8) is 0 Å². The molecule has 2 aromatic rings. The van der Waals surface area contributed by atoms with Crippen molar-refractivity contribution in [1.82, 2.24) is 19.9 Å². The molecule has 2 aliphatic heterocycles. The fraction of sp³-hybridized carbons (Fsp3) is 0.533. The van der Waals surface area contributed by atoms with Crippen LogP contribution >= 0.6 is 0 Å². The van der Waals surface area contributed by atoms with Crippen LogP contribution in [0.4, 0.5) is 0 Å². The number of rotatable bonds is 2. The summed E-state index contributed by atoms with van der Waals surface area (Å²) in [6, 6.07) is 5.92. The van der Waals surface area contributed by atoms with Crippen molar-refractivity contribution in [2.24, 2.45) is 0 Å². The molecule has 2 atom stereocenters. The summed E-state index contributed by atoms with van der Waals surface area (Å²) in [7, 11) is 0. The lowest BCUT2D eigenvalue weighted by atomic mass is 9.99. The normalized spacial score (nSPS) is 26.1. The maximum Gasteiger partial charge on any atom is 0.337 e. The zero-order valence-electron chi connectivity index (χ0n) is 11.8. The highest BCUT2D eigenvalue weighted by atomic mass is 16.4. The molecule has 4 rings (SSSR count). The van der Waals surface area contributed by atoms with Gasteiger partial charge in [-0.25, -0.2) is 9.48 Å². The van der Waals surface area contributed by atoms with E-state index in [1.807, 2.05) is 10.7 Å². The van der Waals surface area contributed by atoms with Crippen LogP contribution in [-0.4, -0.2) is 50.1 Å². The first-order valence-electron chi connectivity index (χ1n) is 7.57. The minimum Gasteiger partial charge on any atom is -0.478 e. The number of fused-ring (bicyclic) bond motifs is 2. The smallest absolute Gasteiger partial charge is 0.337 e. The Morgan fingerprint density at radius 2 is 2.10 bits per heavy atom. The van der Waals surface area contributed by atoms with E-state index >= 15 is 0 Å². The molecular weight excluding hydrogens is 268 g/mol. The molecule has 6 nitrogen and oxygen atoms in total. The molecule has 1 aromatic carbocycles. The number of aromatic nitrogens is 3. The van der Waals surface area contributed by atoms with Crippen molar-refractivity contribution in [3.05, 3.63) is 23.8 Å². The van der Waals surface area contributed by atoms with Crippen LogP contribution in [0.15, 0.2) is 18.2 Å². The average Bonchev–Trinajstić information content (AvgIpc) is 3.09. The van der Waals surface area contributed by atoms with E-state index in [-0.39, 0.29) is 6.04 Å². The number of benzene rings is 1. The first-order chi connectivity index (χ1) is 10.3. The van der Waals surface area contributed by atoms with Gasteiger partial charge in [0.25, 0.3) is 0 Å². The second kappa shape index (κ2) is 4.80. The van der Waals surface area contributed by atoms with Crippen molar-refractivity contribution < 1.29 is 9.90 Å². The molecule has 0 aliphatic carbocycles. The van der Waals surface area contributed by atoms with Crippen molar-refractivity contribution in [3.8, 4) is 0 Å². The maximum absolute atomic E-state index is 11.5. The van der Waals surface area contributed by atoms with Crippen LogP contribution in [0.3, 0.4) is 0 Å². The molecule has 2 unspecified atom stereocenters. The van der Waals surface area contributed by atoms with Crippen molar-refractivity contribution in [1.29, 1.82) is 0 Å². The molecule has 2 aliphatic rings. The molecule has 2 fully saturated rings. The molecule has 3 heterocycles. The molecule has 110 valence electrons. The Morgan fingerprint density at radius 3 is 2.95 bits per heavy atom. The fourth-order valence-corrected chi connectivity index (χ4v) is 3.90. The Kier molecular flexibility index (Phi) is 2.92. The van der Waals surface area contributed by atoms with Gasteiger partial charge in [0.15, 0.2) is 0 Å². The third kappa shape index (κ3) is 1.93. The van der Waals surface area contributed by atoms with E-state index in [0.29, 0.717) is 22.6 Å².